The van der Waals surface area contributed by atoms with Crippen molar-refractivity contribution in [1.29, 1.82) is 0 Å². The lowest BCUT2D eigenvalue weighted by Gasteiger charge is -2.30. The summed E-state index contributed by atoms with van der Waals surface area (Å²) in [6.45, 7) is 4.18. The third kappa shape index (κ3) is 5.73. The minimum Gasteiger partial charge on any atom is -0.370 e. The third-order valence-corrected chi connectivity index (χ3v) is 5.36. The van der Waals surface area contributed by atoms with Crippen molar-refractivity contribution < 1.29 is 18.3 Å². The molecule has 0 aromatic heterocycles. The molecule has 2 aromatic rings. The van der Waals surface area contributed by atoms with Crippen molar-refractivity contribution in [3.63, 3.8) is 0 Å². The first kappa shape index (κ1) is 21.2. The van der Waals surface area contributed by atoms with Crippen LogP contribution in [0.25, 0.3) is 0 Å². The van der Waals surface area contributed by atoms with Crippen LogP contribution in [0.15, 0.2) is 61.2 Å². The highest BCUT2D eigenvalue weighted by Crippen LogP contribution is 2.29. The molecule has 1 N–H and O–H groups in total. The van der Waals surface area contributed by atoms with E-state index in [1.54, 1.807) is 6.08 Å². The van der Waals surface area contributed by atoms with Crippen LogP contribution in [0.4, 0.5) is 8.78 Å². The monoisotopic (exact) mass is 399 g/mol. The highest BCUT2D eigenvalue weighted by atomic mass is 19.2. The molecule has 0 unspecified atom stereocenters. The molecule has 2 aromatic carbocycles. The molecular formula is C24H27F2NO2. The number of ether oxygens (including phenoxy) is 1. The fourth-order valence-electron chi connectivity index (χ4n) is 3.78. The number of halogens is 2. The van der Waals surface area contributed by atoms with Crippen LogP contribution < -0.4 is 5.32 Å². The quantitative estimate of drug-likeness (QED) is 0.614. The van der Waals surface area contributed by atoms with E-state index in [1.807, 2.05) is 30.3 Å². The van der Waals surface area contributed by atoms with Crippen molar-refractivity contribution in [3.05, 3.63) is 83.9 Å². The molecule has 1 saturated carbocycles. The van der Waals surface area contributed by atoms with Gasteiger partial charge >= 0.3 is 0 Å². The molecule has 0 bridgehead atoms. The first-order chi connectivity index (χ1) is 14.1. The fraction of sp³-hybridized carbons (Fsp3) is 0.375. The van der Waals surface area contributed by atoms with E-state index in [9.17, 15) is 13.6 Å². The molecule has 1 fully saturated rings. The van der Waals surface area contributed by atoms with Crippen LogP contribution >= 0.6 is 0 Å². The van der Waals surface area contributed by atoms with E-state index in [0.717, 1.165) is 43.4 Å². The molecule has 1 aliphatic carbocycles. The molecule has 1 amide bonds. The van der Waals surface area contributed by atoms with E-state index in [-0.39, 0.29) is 12.0 Å². The number of rotatable bonds is 8. The number of nitrogens with one attached hydrogen (secondary N) is 1. The Labute approximate surface area is 170 Å². The number of carbonyl (C=O) groups is 1. The molecular weight excluding hydrogens is 372 g/mol. The first-order valence-corrected chi connectivity index (χ1v) is 10.1. The highest BCUT2D eigenvalue weighted by Gasteiger charge is 2.32. The Kier molecular flexibility index (Phi) is 7.53. The Bertz CT molecular complexity index is 819. The molecule has 0 heterocycles. The van der Waals surface area contributed by atoms with Gasteiger partial charge in [0, 0.05) is 6.54 Å². The van der Waals surface area contributed by atoms with E-state index in [4.69, 9.17) is 4.74 Å². The van der Waals surface area contributed by atoms with Crippen molar-refractivity contribution in [1.82, 2.24) is 5.32 Å². The average molecular weight is 399 g/mol. The van der Waals surface area contributed by atoms with Crippen molar-refractivity contribution in [3.8, 4) is 0 Å². The van der Waals surface area contributed by atoms with Crippen molar-refractivity contribution in [2.24, 2.45) is 0 Å². The summed E-state index contributed by atoms with van der Waals surface area (Å²) in [6.07, 6.45) is 6.22. The van der Waals surface area contributed by atoms with Crippen LogP contribution in [0, 0.1) is 11.6 Å². The third-order valence-electron chi connectivity index (χ3n) is 5.36. The summed E-state index contributed by atoms with van der Waals surface area (Å²) in [4.78, 5) is 13.1. The van der Waals surface area contributed by atoms with Gasteiger partial charge < -0.3 is 10.1 Å². The van der Waals surface area contributed by atoms with E-state index < -0.39 is 23.7 Å². The van der Waals surface area contributed by atoms with Gasteiger partial charge in [-0.2, -0.15) is 0 Å². The van der Waals surface area contributed by atoms with Gasteiger partial charge in [0.05, 0.1) is 18.1 Å². The molecule has 0 radical (unpaired) electrons. The lowest BCUT2D eigenvalue weighted by molar-refractivity contribution is -0.127. The van der Waals surface area contributed by atoms with E-state index >= 15 is 0 Å². The maximum Gasteiger partial charge on any atom is 0.230 e. The van der Waals surface area contributed by atoms with Crippen LogP contribution in [0.1, 0.15) is 49.1 Å². The second-order valence-corrected chi connectivity index (χ2v) is 7.45. The summed E-state index contributed by atoms with van der Waals surface area (Å²) in [7, 11) is 0. The topological polar surface area (TPSA) is 38.3 Å². The molecule has 0 spiro atoms. The van der Waals surface area contributed by atoms with Gasteiger partial charge in [-0.1, -0.05) is 61.7 Å². The summed E-state index contributed by atoms with van der Waals surface area (Å²) in [5.74, 6) is -3.04. The molecule has 1 aliphatic rings. The normalized spacial score (nSPS) is 16.8. The Hall–Kier alpha value is -2.53. The Morgan fingerprint density at radius 2 is 1.83 bits per heavy atom. The number of hydrogen-bond acceptors (Lipinski definition) is 2. The summed E-state index contributed by atoms with van der Waals surface area (Å²) >= 11 is 0. The zero-order valence-electron chi connectivity index (χ0n) is 16.5. The van der Waals surface area contributed by atoms with Crippen LogP contribution in [-0.2, 0) is 16.1 Å². The molecule has 3 rings (SSSR count). The van der Waals surface area contributed by atoms with Crippen LogP contribution in [-0.4, -0.2) is 18.1 Å². The lowest BCUT2D eigenvalue weighted by Crippen LogP contribution is -2.38. The number of hydrogen-bond donors (Lipinski definition) is 1. The van der Waals surface area contributed by atoms with Crippen LogP contribution in [0.2, 0.25) is 0 Å². The van der Waals surface area contributed by atoms with Gasteiger partial charge in [-0.25, -0.2) is 8.78 Å². The predicted octanol–water partition coefficient (Wildman–Crippen LogP) is 5.27. The largest absolute Gasteiger partial charge is 0.370 e. The zero-order valence-corrected chi connectivity index (χ0v) is 16.5. The molecule has 154 valence electrons. The maximum absolute atomic E-state index is 13.9. The summed E-state index contributed by atoms with van der Waals surface area (Å²) in [6, 6.07) is 13.1. The number of carbonyl (C=O) groups excluding carboxylic acids is 1. The van der Waals surface area contributed by atoms with Crippen LogP contribution in [0.5, 0.6) is 0 Å². The van der Waals surface area contributed by atoms with Crippen molar-refractivity contribution >= 4 is 5.91 Å². The molecule has 29 heavy (non-hydrogen) atoms. The summed E-state index contributed by atoms with van der Waals surface area (Å²) < 4.78 is 33.6. The smallest absolute Gasteiger partial charge is 0.230 e. The predicted molar refractivity (Wildman–Crippen MR) is 109 cm³/mol. The van der Waals surface area contributed by atoms with Gasteiger partial charge in [0.1, 0.15) is 0 Å². The van der Waals surface area contributed by atoms with E-state index in [1.165, 1.54) is 12.5 Å². The molecule has 2 atom stereocenters. The van der Waals surface area contributed by atoms with Crippen molar-refractivity contribution in [2.75, 3.05) is 0 Å². The minimum atomic E-state index is -0.983. The van der Waals surface area contributed by atoms with Gasteiger partial charge in [0.15, 0.2) is 11.6 Å². The highest BCUT2D eigenvalue weighted by molar-refractivity contribution is 5.84. The zero-order chi connectivity index (χ0) is 20.6. The van der Waals surface area contributed by atoms with Gasteiger partial charge in [-0.3, -0.25) is 4.79 Å². The Morgan fingerprint density at radius 1 is 1.10 bits per heavy atom. The van der Waals surface area contributed by atoms with E-state index in [0.29, 0.717) is 12.1 Å². The fourth-order valence-corrected chi connectivity index (χ4v) is 3.78. The number of benzene rings is 2. The second-order valence-electron chi connectivity index (χ2n) is 7.45. The van der Waals surface area contributed by atoms with Gasteiger partial charge in [-0.15, -0.1) is 6.58 Å². The average Bonchev–Trinajstić information content (AvgIpc) is 2.75. The second kappa shape index (κ2) is 10.3. The number of amides is 1. The molecule has 5 heteroatoms. The summed E-state index contributed by atoms with van der Waals surface area (Å²) in [5, 5.41) is 2.90. The molecule has 0 aliphatic heterocycles. The Balaban J connectivity index is 1.81. The standard InChI is InChI=1S/C24H27F2NO2/c1-2-22(29-19-11-7-4-8-12-19)23(18-13-14-20(25)21(26)15-18)24(28)27-16-17-9-5-3-6-10-17/h2-3,5-6,9-10,13-15,19,22-23H,1,4,7-8,11-12,16H2,(H,27,28)/t22-,23-/m1/s1. The van der Waals surface area contributed by atoms with Gasteiger partial charge in [-0.05, 0) is 36.1 Å². The minimum absolute atomic E-state index is 0.0430. The van der Waals surface area contributed by atoms with Gasteiger partial charge in [0.25, 0.3) is 0 Å². The Morgan fingerprint density at radius 3 is 2.48 bits per heavy atom. The first-order valence-electron chi connectivity index (χ1n) is 10.1. The molecule has 3 nitrogen and oxygen atoms in total. The van der Waals surface area contributed by atoms with Crippen LogP contribution in [0.3, 0.4) is 0 Å². The SMILES string of the molecule is C=C[C@@H](OC1CCCCC1)[C@H](C(=O)NCc1ccccc1)c1ccc(F)c(F)c1. The van der Waals surface area contributed by atoms with Gasteiger partial charge in [0.2, 0.25) is 5.91 Å². The summed E-state index contributed by atoms with van der Waals surface area (Å²) in [5.41, 5.74) is 1.32. The van der Waals surface area contributed by atoms with E-state index in [2.05, 4.69) is 11.9 Å². The maximum atomic E-state index is 13.9. The molecule has 0 saturated heterocycles. The van der Waals surface area contributed by atoms with Crippen molar-refractivity contribution in [2.45, 2.75) is 56.8 Å². The lowest BCUT2D eigenvalue weighted by atomic mass is 9.90.